The fraction of sp³-hybridized carbons (Fsp3) is 0.643. The third-order valence-corrected chi connectivity index (χ3v) is 3.95. The van der Waals surface area contributed by atoms with Crippen LogP contribution in [0.5, 0.6) is 5.88 Å². The van der Waals surface area contributed by atoms with Crippen LogP contribution in [0, 0.1) is 5.92 Å². The van der Waals surface area contributed by atoms with E-state index in [1.165, 1.54) is 32.4 Å². The number of piperidine rings is 1. The zero-order valence-corrected chi connectivity index (χ0v) is 12.5. The van der Waals surface area contributed by atoms with Crippen LogP contribution in [-0.2, 0) is 6.54 Å². The average molecular weight is 313 g/mol. The van der Waals surface area contributed by atoms with E-state index in [-0.39, 0.29) is 0 Å². The van der Waals surface area contributed by atoms with Crippen LogP contribution in [0.1, 0.15) is 25.0 Å². The zero-order chi connectivity index (χ0) is 12.8. The van der Waals surface area contributed by atoms with Crippen LogP contribution in [0.15, 0.2) is 18.2 Å². The summed E-state index contributed by atoms with van der Waals surface area (Å²) in [6, 6.07) is 5.99. The Morgan fingerprint density at radius 3 is 3.17 bits per heavy atom. The quantitative estimate of drug-likeness (QED) is 0.781. The molecule has 1 aliphatic heterocycles. The number of alkyl halides is 1. The minimum Gasteiger partial charge on any atom is -0.481 e. The van der Waals surface area contributed by atoms with Gasteiger partial charge in [-0.1, -0.05) is 22.0 Å². The highest BCUT2D eigenvalue weighted by Crippen LogP contribution is 2.21. The van der Waals surface area contributed by atoms with Gasteiger partial charge >= 0.3 is 0 Å². The molecular formula is C14H21BrN2O. The lowest BCUT2D eigenvalue weighted by Crippen LogP contribution is -2.35. The molecule has 0 aliphatic carbocycles. The van der Waals surface area contributed by atoms with E-state index in [0.717, 1.165) is 23.5 Å². The molecule has 1 atom stereocenters. The van der Waals surface area contributed by atoms with Crippen molar-refractivity contribution >= 4 is 15.9 Å². The number of rotatable bonds is 5. The molecule has 1 unspecified atom stereocenters. The van der Waals surface area contributed by atoms with E-state index in [0.29, 0.717) is 5.88 Å². The Morgan fingerprint density at radius 1 is 1.50 bits per heavy atom. The first-order chi connectivity index (χ1) is 8.81. The van der Waals surface area contributed by atoms with Crippen molar-refractivity contribution in [3.8, 4) is 5.88 Å². The summed E-state index contributed by atoms with van der Waals surface area (Å²) in [6.07, 6.45) is 3.96. The van der Waals surface area contributed by atoms with E-state index in [4.69, 9.17) is 4.74 Å². The maximum Gasteiger partial charge on any atom is 0.213 e. The summed E-state index contributed by atoms with van der Waals surface area (Å²) in [4.78, 5) is 7.00. The molecule has 0 N–H and O–H groups in total. The lowest BCUT2D eigenvalue weighted by Gasteiger charge is -2.32. The van der Waals surface area contributed by atoms with Gasteiger partial charge in [0.25, 0.3) is 0 Å². The lowest BCUT2D eigenvalue weighted by molar-refractivity contribution is 0.163. The number of pyridine rings is 1. The topological polar surface area (TPSA) is 25.4 Å². The highest BCUT2D eigenvalue weighted by atomic mass is 79.9. The Morgan fingerprint density at radius 2 is 2.39 bits per heavy atom. The van der Waals surface area contributed by atoms with Crippen molar-refractivity contribution in [2.75, 3.05) is 25.5 Å². The molecule has 1 aliphatic rings. The van der Waals surface area contributed by atoms with Crippen LogP contribution in [0.25, 0.3) is 0 Å². The first-order valence-electron chi connectivity index (χ1n) is 6.60. The van der Waals surface area contributed by atoms with Gasteiger partial charge in [0.2, 0.25) is 5.88 Å². The molecule has 18 heavy (non-hydrogen) atoms. The molecule has 1 fully saturated rings. The van der Waals surface area contributed by atoms with Crippen molar-refractivity contribution in [1.29, 1.82) is 0 Å². The van der Waals surface area contributed by atoms with Crippen LogP contribution in [-0.4, -0.2) is 35.4 Å². The van der Waals surface area contributed by atoms with Crippen molar-refractivity contribution in [3.05, 3.63) is 23.9 Å². The van der Waals surface area contributed by atoms with E-state index in [1.807, 2.05) is 12.1 Å². The molecule has 4 heteroatoms. The van der Waals surface area contributed by atoms with Gasteiger partial charge in [0.1, 0.15) is 0 Å². The molecule has 0 bridgehead atoms. The number of hydrogen-bond donors (Lipinski definition) is 0. The number of aromatic nitrogens is 1. The molecule has 2 rings (SSSR count). The summed E-state index contributed by atoms with van der Waals surface area (Å²) in [5, 5.41) is 1.11. The van der Waals surface area contributed by atoms with E-state index in [2.05, 4.69) is 31.9 Å². The maximum absolute atomic E-state index is 5.17. The van der Waals surface area contributed by atoms with Crippen molar-refractivity contribution in [2.24, 2.45) is 5.92 Å². The number of halogens is 1. The van der Waals surface area contributed by atoms with Gasteiger partial charge in [-0.05, 0) is 37.8 Å². The number of nitrogens with zero attached hydrogens (tertiary/aromatic N) is 2. The Balaban J connectivity index is 1.91. The minimum absolute atomic E-state index is 0.710. The first kappa shape index (κ1) is 13.8. The minimum atomic E-state index is 0.710. The third kappa shape index (κ3) is 3.95. The summed E-state index contributed by atoms with van der Waals surface area (Å²) in [5.41, 5.74) is 1.11. The molecule has 0 saturated carbocycles. The molecule has 3 nitrogen and oxygen atoms in total. The molecule has 100 valence electrons. The molecule has 0 aromatic carbocycles. The van der Waals surface area contributed by atoms with Crippen LogP contribution in [0.2, 0.25) is 0 Å². The van der Waals surface area contributed by atoms with Gasteiger partial charge in [-0.3, -0.25) is 4.90 Å². The van der Waals surface area contributed by atoms with Gasteiger partial charge in [-0.25, -0.2) is 4.98 Å². The van der Waals surface area contributed by atoms with Crippen molar-refractivity contribution < 1.29 is 4.74 Å². The second-order valence-electron chi connectivity index (χ2n) is 4.89. The van der Waals surface area contributed by atoms with Crippen molar-refractivity contribution in [3.63, 3.8) is 0 Å². The van der Waals surface area contributed by atoms with Crippen LogP contribution < -0.4 is 4.74 Å². The molecule has 1 aromatic rings. The van der Waals surface area contributed by atoms with Crippen LogP contribution >= 0.6 is 15.9 Å². The fourth-order valence-electron chi connectivity index (χ4n) is 2.57. The van der Waals surface area contributed by atoms with E-state index in [9.17, 15) is 0 Å². The van der Waals surface area contributed by atoms with Gasteiger partial charge < -0.3 is 4.74 Å². The van der Waals surface area contributed by atoms with E-state index in [1.54, 1.807) is 7.11 Å². The first-order valence-corrected chi connectivity index (χ1v) is 7.72. The Bertz CT molecular complexity index is 371. The molecule has 1 saturated heterocycles. The highest BCUT2D eigenvalue weighted by molar-refractivity contribution is 9.09. The standard InChI is InChI=1S/C14H21BrN2O/c1-18-14-6-2-5-13(16-14)11-17-9-3-4-12(10-17)7-8-15/h2,5-6,12H,3-4,7-11H2,1H3. The Labute approximate surface area is 118 Å². The van der Waals surface area contributed by atoms with E-state index >= 15 is 0 Å². The second-order valence-corrected chi connectivity index (χ2v) is 5.69. The third-order valence-electron chi connectivity index (χ3n) is 3.50. The summed E-state index contributed by atoms with van der Waals surface area (Å²) in [5.74, 6) is 1.55. The summed E-state index contributed by atoms with van der Waals surface area (Å²) < 4.78 is 5.17. The molecule has 0 amide bonds. The molecule has 2 heterocycles. The maximum atomic E-state index is 5.17. The second kappa shape index (κ2) is 7.10. The van der Waals surface area contributed by atoms with Gasteiger partial charge in [-0.2, -0.15) is 0 Å². The lowest BCUT2D eigenvalue weighted by atomic mass is 9.95. The normalized spacial score (nSPS) is 20.9. The molecule has 0 radical (unpaired) electrons. The molecule has 1 aromatic heterocycles. The number of ether oxygens (including phenoxy) is 1. The number of hydrogen-bond acceptors (Lipinski definition) is 3. The van der Waals surface area contributed by atoms with Gasteiger partial charge in [0.15, 0.2) is 0 Å². The van der Waals surface area contributed by atoms with Gasteiger partial charge in [0.05, 0.1) is 12.8 Å². The monoisotopic (exact) mass is 312 g/mol. The van der Waals surface area contributed by atoms with Crippen LogP contribution in [0.3, 0.4) is 0 Å². The van der Waals surface area contributed by atoms with Crippen LogP contribution in [0.4, 0.5) is 0 Å². The predicted octanol–water partition coefficient (Wildman–Crippen LogP) is 3.09. The smallest absolute Gasteiger partial charge is 0.213 e. The largest absolute Gasteiger partial charge is 0.481 e. The number of methoxy groups -OCH3 is 1. The zero-order valence-electron chi connectivity index (χ0n) is 10.9. The van der Waals surface area contributed by atoms with Gasteiger partial charge in [0, 0.05) is 24.5 Å². The summed E-state index contributed by atoms with van der Waals surface area (Å²) >= 11 is 3.54. The van der Waals surface area contributed by atoms with Crippen molar-refractivity contribution in [1.82, 2.24) is 9.88 Å². The highest BCUT2D eigenvalue weighted by Gasteiger charge is 2.19. The van der Waals surface area contributed by atoms with E-state index < -0.39 is 0 Å². The Kier molecular flexibility index (Phi) is 5.45. The summed E-state index contributed by atoms with van der Waals surface area (Å²) in [6.45, 7) is 3.33. The average Bonchev–Trinajstić information content (AvgIpc) is 2.40. The Hall–Kier alpha value is -0.610. The molecular weight excluding hydrogens is 292 g/mol. The predicted molar refractivity (Wildman–Crippen MR) is 77.2 cm³/mol. The van der Waals surface area contributed by atoms with Gasteiger partial charge in [-0.15, -0.1) is 0 Å². The summed E-state index contributed by atoms with van der Waals surface area (Å²) in [7, 11) is 1.67. The van der Waals surface area contributed by atoms with Crippen molar-refractivity contribution in [2.45, 2.75) is 25.8 Å². The SMILES string of the molecule is COc1cccc(CN2CCCC(CCBr)C2)n1. The number of likely N-dealkylation sites (tertiary alicyclic amines) is 1. The molecule has 0 spiro atoms. The fourth-order valence-corrected chi connectivity index (χ4v) is 3.22.